The summed E-state index contributed by atoms with van der Waals surface area (Å²) in [6.07, 6.45) is 4.42. The number of nitrogens with two attached hydrogens (primary N) is 1. The molecule has 2 fully saturated rings. The van der Waals surface area contributed by atoms with Gasteiger partial charge in [-0.1, -0.05) is 23.7 Å². The zero-order valence-corrected chi connectivity index (χ0v) is 18.9. The van der Waals surface area contributed by atoms with Crippen LogP contribution in [0.5, 0.6) is 0 Å². The van der Waals surface area contributed by atoms with E-state index in [-0.39, 0.29) is 12.4 Å². The molecule has 8 nitrogen and oxygen atoms in total. The topological polar surface area (TPSA) is 95.2 Å². The Kier molecular flexibility index (Phi) is 7.28. The first kappa shape index (κ1) is 22.0. The lowest BCUT2D eigenvalue weighted by Gasteiger charge is -2.47. The number of halogens is 1. The summed E-state index contributed by atoms with van der Waals surface area (Å²) >= 11 is 6.05. The van der Waals surface area contributed by atoms with Crippen molar-refractivity contribution in [2.24, 2.45) is 10.7 Å². The molecule has 0 saturated carbocycles. The molecular weight excluding hydrogens is 424 g/mol. The van der Waals surface area contributed by atoms with Crippen molar-refractivity contribution in [1.82, 2.24) is 20.7 Å². The number of ether oxygens (including phenoxy) is 1. The van der Waals surface area contributed by atoms with E-state index in [1.165, 1.54) is 5.56 Å². The van der Waals surface area contributed by atoms with E-state index < -0.39 is 10.8 Å². The van der Waals surface area contributed by atoms with Crippen LogP contribution >= 0.6 is 11.6 Å². The molecule has 4 rings (SSSR count). The van der Waals surface area contributed by atoms with Gasteiger partial charge >= 0.3 is 0 Å². The average molecular weight is 455 g/mol. The fourth-order valence-corrected chi connectivity index (χ4v) is 5.41. The summed E-state index contributed by atoms with van der Waals surface area (Å²) in [5, 5.41) is 0.756. The normalized spacial score (nSPS) is 29.5. The molecule has 4 atom stereocenters. The van der Waals surface area contributed by atoms with Crippen LogP contribution in [-0.2, 0) is 22.0 Å². The first-order chi connectivity index (χ1) is 14.5. The molecule has 30 heavy (non-hydrogen) atoms. The Hall–Kier alpha value is -1.23. The average Bonchev–Trinajstić information content (AvgIpc) is 3.17. The number of aliphatic imine (C=N–C) groups is 1. The van der Waals surface area contributed by atoms with Crippen LogP contribution in [0.3, 0.4) is 0 Å². The summed E-state index contributed by atoms with van der Waals surface area (Å²) in [5.74, 6) is 1.42. The van der Waals surface area contributed by atoms with E-state index in [0.717, 1.165) is 49.9 Å². The van der Waals surface area contributed by atoms with Gasteiger partial charge in [-0.15, -0.1) is 0 Å². The van der Waals surface area contributed by atoms with Crippen LogP contribution in [0.25, 0.3) is 0 Å². The van der Waals surface area contributed by atoms with Gasteiger partial charge in [-0.05, 0) is 37.0 Å². The third-order valence-corrected chi connectivity index (χ3v) is 7.13. The van der Waals surface area contributed by atoms with E-state index in [4.69, 9.17) is 22.1 Å². The minimum atomic E-state index is -0.863. The summed E-state index contributed by atoms with van der Waals surface area (Å²) in [6, 6.07) is 8.86. The van der Waals surface area contributed by atoms with Crippen LogP contribution < -0.4 is 16.6 Å². The van der Waals surface area contributed by atoms with Crippen LogP contribution in [0.1, 0.15) is 18.4 Å². The van der Waals surface area contributed by atoms with Gasteiger partial charge in [0.1, 0.15) is 0 Å². The smallest absolute Gasteiger partial charge is 0.211 e. The Bertz CT molecular complexity index is 771. The van der Waals surface area contributed by atoms with Gasteiger partial charge in [-0.3, -0.25) is 20.3 Å². The molecule has 0 radical (unpaired) electrons. The van der Waals surface area contributed by atoms with Gasteiger partial charge in [0.25, 0.3) is 0 Å². The number of nitrogens with one attached hydrogen (secondary N) is 2. The van der Waals surface area contributed by atoms with Crippen LogP contribution in [0.2, 0.25) is 5.02 Å². The highest BCUT2D eigenvalue weighted by Gasteiger charge is 2.36. The van der Waals surface area contributed by atoms with Gasteiger partial charge in [0.05, 0.1) is 18.5 Å². The van der Waals surface area contributed by atoms with Crippen molar-refractivity contribution in [2.75, 3.05) is 38.2 Å². The van der Waals surface area contributed by atoms with Crippen molar-refractivity contribution >= 4 is 28.4 Å². The fraction of sp³-hybridized carbons (Fsp3) is 0.650. The molecule has 1 aromatic carbocycles. The van der Waals surface area contributed by atoms with Crippen molar-refractivity contribution in [1.29, 1.82) is 0 Å². The maximum Gasteiger partial charge on any atom is 0.211 e. The van der Waals surface area contributed by atoms with E-state index in [9.17, 15) is 4.21 Å². The number of hydrazine groups is 1. The summed E-state index contributed by atoms with van der Waals surface area (Å²) < 4.78 is 17.9. The van der Waals surface area contributed by atoms with Gasteiger partial charge in [-0.25, -0.2) is 4.99 Å². The van der Waals surface area contributed by atoms with Gasteiger partial charge in [0.2, 0.25) is 5.96 Å². The van der Waals surface area contributed by atoms with E-state index in [1.807, 2.05) is 12.1 Å². The molecule has 3 heterocycles. The second kappa shape index (κ2) is 9.93. The molecule has 3 aliphatic rings. The number of benzene rings is 1. The van der Waals surface area contributed by atoms with E-state index in [0.29, 0.717) is 24.4 Å². The molecule has 4 unspecified atom stereocenters. The van der Waals surface area contributed by atoms with Crippen molar-refractivity contribution in [3.05, 3.63) is 34.9 Å². The number of likely N-dealkylation sites (tertiary alicyclic amines) is 1. The number of hydrogen-bond donors (Lipinski definition) is 3. The Morgan fingerprint density at radius 1 is 1.30 bits per heavy atom. The number of rotatable bonds is 5. The number of guanidine groups is 1. The Morgan fingerprint density at radius 2 is 2.03 bits per heavy atom. The predicted molar refractivity (Wildman–Crippen MR) is 121 cm³/mol. The minimum absolute atomic E-state index is 0.0263. The van der Waals surface area contributed by atoms with Gasteiger partial charge in [0, 0.05) is 53.8 Å². The monoisotopic (exact) mass is 454 g/mol. The van der Waals surface area contributed by atoms with Crippen molar-refractivity contribution in [3.63, 3.8) is 0 Å². The lowest BCUT2D eigenvalue weighted by molar-refractivity contribution is -0.0761. The van der Waals surface area contributed by atoms with Crippen molar-refractivity contribution < 1.29 is 8.95 Å². The van der Waals surface area contributed by atoms with Crippen LogP contribution in [-0.4, -0.2) is 82.7 Å². The highest BCUT2D eigenvalue weighted by Crippen LogP contribution is 2.26. The number of piperidine rings is 1. The summed E-state index contributed by atoms with van der Waals surface area (Å²) in [4.78, 5) is 9.24. The van der Waals surface area contributed by atoms with E-state index in [1.54, 1.807) is 6.26 Å². The second-order valence-corrected chi connectivity index (χ2v) is 10.2. The van der Waals surface area contributed by atoms with Gasteiger partial charge in [0.15, 0.2) is 6.29 Å². The third-order valence-electron chi connectivity index (χ3n) is 6.04. The first-order valence-electron chi connectivity index (χ1n) is 10.5. The second-order valence-electron chi connectivity index (χ2n) is 8.26. The zero-order chi connectivity index (χ0) is 21.1. The van der Waals surface area contributed by atoms with Gasteiger partial charge < -0.3 is 9.64 Å². The Balaban J connectivity index is 1.42. The maximum absolute atomic E-state index is 11.8. The molecule has 2 saturated heterocycles. The maximum atomic E-state index is 11.8. The molecular formula is C20H31ClN6O2S. The van der Waals surface area contributed by atoms with Crippen LogP contribution in [0.15, 0.2) is 29.3 Å². The van der Waals surface area contributed by atoms with Crippen LogP contribution in [0.4, 0.5) is 0 Å². The molecule has 0 amide bonds. The molecule has 0 aromatic heterocycles. The highest BCUT2D eigenvalue weighted by atomic mass is 35.5. The van der Waals surface area contributed by atoms with Gasteiger partial charge in [-0.2, -0.15) is 5.43 Å². The summed E-state index contributed by atoms with van der Waals surface area (Å²) in [6.45, 7) is 3.35. The lowest BCUT2D eigenvalue weighted by atomic mass is 9.96. The molecule has 0 spiro atoms. The quantitative estimate of drug-likeness (QED) is 0.596. The van der Waals surface area contributed by atoms with Crippen molar-refractivity contribution in [3.8, 4) is 0 Å². The molecule has 0 bridgehead atoms. The number of morpholine rings is 1. The molecule has 10 heteroatoms. The van der Waals surface area contributed by atoms with Crippen LogP contribution in [0, 0.1) is 0 Å². The van der Waals surface area contributed by atoms with E-state index in [2.05, 4.69) is 37.8 Å². The zero-order valence-electron chi connectivity index (χ0n) is 17.3. The highest BCUT2D eigenvalue weighted by molar-refractivity contribution is 7.84. The summed E-state index contributed by atoms with van der Waals surface area (Å²) in [5.41, 5.74) is 13.0. The lowest BCUT2D eigenvalue weighted by Crippen LogP contribution is -2.58. The fourth-order valence-electron chi connectivity index (χ4n) is 4.56. The van der Waals surface area contributed by atoms with Crippen molar-refractivity contribution in [2.45, 2.75) is 43.7 Å². The predicted octanol–water partition coefficient (Wildman–Crippen LogP) is 0.501. The Labute approximate surface area is 185 Å². The molecule has 0 aliphatic carbocycles. The minimum Gasteiger partial charge on any atom is -0.374 e. The third kappa shape index (κ3) is 5.52. The SMILES string of the molecule is CS(=O)CC1CN(C2CCN(C3=NC(N)NN3)CC2)C(Cc2ccc(Cl)cc2)CO1. The Morgan fingerprint density at radius 3 is 2.67 bits per heavy atom. The first-order valence-corrected chi connectivity index (χ1v) is 12.6. The molecule has 1 aromatic rings. The van der Waals surface area contributed by atoms with E-state index >= 15 is 0 Å². The standard InChI is InChI=1S/C20H31ClN6O2S/c1-30(28)13-18-11-27(17(12-29-18)10-14-2-4-15(21)5-3-14)16-6-8-26(9-7-16)20-23-19(22)24-25-20/h2-5,16-19,24H,6-13,22H2,1H3,(H,23,25). The molecule has 4 N–H and O–H groups in total. The molecule has 3 aliphatic heterocycles. The number of nitrogens with zero attached hydrogens (tertiary/aromatic N) is 3. The summed E-state index contributed by atoms with van der Waals surface area (Å²) in [7, 11) is -0.863. The molecule has 166 valence electrons. The largest absolute Gasteiger partial charge is 0.374 e. The number of hydrogen-bond acceptors (Lipinski definition) is 8.